The molecule has 2 aliphatic rings. The van der Waals surface area contributed by atoms with Crippen molar-refractivity contribution < 1.29 is 9.47 Å². The molecule has 0 unspecified atom stereocenters. The molecule has 1 saturated heterocycles. The third kappa shape index (κ3) is 3.58. The van der Waals surface area contributed by atoms with Crippen LogP contribution >= 0.6 is 15.9 Å². The molecule has 0 aromatic heterocycles. The Morgan fingerprint density at radius 3 is 2.47 bits per heavy atom. The molecule has 0 N–H and O–H groups in total. The summed E-state index contributed by atoms with van der Waals surface area (Å²) in [5, 5.41) is 1.16. The Bertz CT molecular complexity index is 212. The zero-order valence-electron chi connectivity index (χ0n) is 9.08. The highest BCUT2D eigenvalue weighted by molar-refractivity contribution is 9.09. The van der Waals surface area contributed by atoms with E-state index in [1.165, 1.54) is 25.7 Å². The summed E-state index contributed by atoms with van der Waals surface area (Å²) in [5.74, 6) is 0.890. The van der Waals surface area contributed by atoms with Crippen molar-refractivity contribution in [3.8, 4) is 0 Å². The van der Waals surface area contributed by atoms with E-state index in [0.29, 0.717) is 0 Å². The van der Waals surface area contributed by atoms with Crippen molar-refractivity contribution in [2.75, 3.05) is 18.5 Å². The topological polar surface area (TPSA) is 18.5 Å². The predicted octanol–water partition coefficient (Wildman–Crippen LogP) is 3.26. The first kappa shape index (κ1) is 11.6. The second-order valence-corrected chi connectivity index (χ2v) is 5.01. The summed E-state index contributed by atoms with van der Waals surface area (Å²) in [6.45, 7) is 1.53. The van der Waals surface area contributed by atoms with Gasteiger partial charge in [-0.3, -0.25) is 0 Å². The first-order valence-electron chi connectivity index (χ1n) is 5.85. The summed E-state index contributed by atoms with van der Waals surface area (Å²) < 4.78 is 10.8. The van der Waals surface area contributed by atoms with Crippen molar-refractivity contribution in [1.82, 2.24) is 0 Å². The lowest BCUT2D eigenvalue weighted by Gasteiger charge is -2.22. The third-order valence-electron chi connectivity index (χ3n) is 3.26. The largest absolute Gasteiger partial charge is 0.350 e. The summed E-state index contributed by atoms with van der Waals surface area (Å²) >= 11 is 3.56. The van der Waals surface area contributed by atoms with E-state index in [9.17, 15) is 0 Å². The summed E-state index contributed by atoms with van der Waals surface area (Å²) in [6.07, 6.45) is 8.51. The van der Waals surface area contributed by atoms with E-state index < -0.39 is 0 Å². The third-order valence-corrected chi connectivity index (χ3v) is 4.17. The molecule has 0 bridgehead atoms. The van der Waals surface area contributed by atoms with Crippen LogP contribution in [0, 0.1) is 5.92 Å². The summed E-state index contributed by atoms with van der Waals surface area (Å²) in [7, 11) is 0. The number of alkyl halides is 1. The van der Waals surface area contributed by atoms with E-state index >= 15 is 0 Å². The smallest absolute Gasteiger partial charge is 0.161 e. The van der Waals surface area contributed by atoms with Crippen molar-refractivity contribution in [3.05, 3.63) is 11.6 Å². The van der Waals surface area contributed by atoms with Crippen LogP contribution in [0.4, 0.5) is 0 Å². The lowest BCUT2D eigenvalue weighted by molar-refractivity contribution is -0.0382. The van der Waals surface area contributed by atoms with Crippen LogP contribution in [0.2, 0.25) is 0 Å². The SMILES string of the molecule is BrCC1CCC(=CCC2OCCO2)CC1. The molecule has 1 aliphatic heterocycles. The van der Waals surface area contributed by atoms with E-state index in [0.717, 1.165) is 30.9 Å². The van der Waals surface area contributed by atoms with Crippen LogP contribution in [-0.2, 0) is 9.47 Å². The maximum Gasteiger partial charge on any atom is 0.161 e. The zero-order valence-corrected chi connectivity index (χ0v) is 10.7. The first-order chi connectivity index (χ1) is 7.38. The van der Waals surface area contributed by atoms with E-state index in [2.05, 4.69) is 22.0 Å². The molecule has 0 aromatic rings. The number of rotatable bonds is 3. The fourth-order valence-corrected chi connectivity index (χ4v) is 2.86. The lowest BCUT2D eigenvalue weighted by Crippen LogP contribution is -2.10. The van der Waals surface area contributed by atoms with Gasteiger partial charge in [0.15, 0.2) is 6.29 Å². The van der Waals surface area contributed by atoms with Gasteiger partial charge in [-0.2, -0.15) is 0 Å². The second kappa shape index (κ2) is 6.02. The fraction of sp³-hybridized carbons (Fsp3) is 0.833. The maximum atomic E-state index is 5.41. The quantitative estimate of drug-likeness (QED) is 0.581. The summed E-state index contributed by atoms with van der Waals surface area (Å²) in [5.41, 5.74) is 1.60. The van der Waals surface area contributed by atoms with Crippen LogP contribution in [-0.4, -0.2) is 24.8 Å². The van der Waals surface area contributed by atoms with Crippen LogP contribution in [0.5, 0.6) is 0 Å². The number of allylic oxidation sites excluding steroid dienone is 1. The minimum absolute atomic E-state index is 0.0337. The van der Waals surface area contributed by atoms with Gasteiger partial charge in [0.2, 0.25) is 0 Å². The van der Waals surface area contributed by atoms with E-state index in [1.54, 1.807) is 5.57 Å². The summed E-state index contributed by atoms with van der Waals surface area (Å²) in [6, 6.07) is 0. The molecule has 2 fully saturated rings. The molecule has 1 saturated carbocycles. The van der Waals surface area contributed by atoms with Crippen molar-refractivity contribution in [1.29, 1.82) is 0 Å². The molecule has 1 aliphatic carbocycles. The van der Waals surface area contributed by atoms with Gasteiger partial charge in [-0.1, -0.05) is 27.6 Å². The van der Waals surface area contributed by atoms with Gasteiger partial charge in [-0.25, -0.2) is 0 Å². The van der Waals surface area contributed by atoms with Crippen molar-refractivity contribution in [3.63, 3.8) is 0 Å². The van der Waals surface area contributed by atoms with E-state index in [1.807, 2.05) is 0 Å². The standard InChI is InChI=1S/C12H19BrO2/c13-9-11-3-1-10(2-4-11)5-6-12-14-7-8-15-12/h5,11-12H,1-4,6-9H2. The second-order valence-electron chi connectivity index (χ2n) is 4.37. The monoisotopic (exact) mass is 274 g/mol. The first-order valence-corrected chi connectivity index (χ1v) is 6.97. The Morgan fingerprint density at radius 1 is 1.20 bits per heavy atom. The molecule has 2 rings (SSSR count). The van der Waals surface area contributed by atoms with Gasteiger partial charge in [0, 0.05) is 11.8 Å². The van der Waals surface area contributed by atoms with Crippen LogP contribution in [0.1, 0.15) is 32.1 Å². The van der Waals surface area contributed by atoms with Crippen molar-refractivity contribution in [2.24, 2.45) is 5.92 Å². The highest BCUT2D eigenvalue weighted by Crippen LogP contribution is 2.29. The van der Waals surface area contributed by atoms with Gasteiger partial charge >= 0.3 is 0 Å². The number of hydrogen-bond acceptors (Lipinski definition) is 2. The normalized spacial score (nSPS) is 28.3. The Balaban J connectivity index is 1.72. The molecule has 2 nitrogen and oxygen atoms in total. The average molecular weight is 275 g/mol. The molecule has 0 atom stereocenters. The van der Waals surface area contributed by atoms with Gasteiger partial charge in [-0.15, -0.1) is 0 Å². The Kier molecular flexibility index (Phi) is 4.66. The van der Waals surface area contributed by atoms with Gasteiger partial charge in [0.1, 0.15) is 0 Å². The molecule has 0 radical (unpaired) electrons. The van der Waals surface area contributed by atoms with Gasteiger partial charge < -0.3 is 9.47 Å². The van der Waals surface area contributed by atoms with Crippen LogP contribution in [0.3, 0.4) is 0 Å². The van der Waals surface area contributed by atoms with Gasteiger partial charge in [0.25, 0.3) is 0 Å². The van der Waals surface area contributed by atoms with E-state index in [-0.39, 0.29) is 6.29 Å². The minimum atomic E-state index is 0.0337. The molecular formula is C12H19BrO2. The highest BCUT2D eigenvalue weighted by Gasteiger charge is 2.17. The Morgan fingerprint density at radius 2 is 1.87 bits per heavy atom. The number of hydrogen-bond donors (Lipinski definition) is 0. The minimum Gasteiger partial charge on any atom is -0.350 e. The lowest BCUT2D eigenvalue weighted by atomic mass is 9.87. The van der Waals surface area contributed by atoms with E-state index in [4.69, 9.17) is 9.47 Å². The maximum absolute atomic E-state index is 5.41. The number of ether oxygens (including phenoxy) is 2. The van der Waals surface area contributed by atoms with Crippen molar-refractivity contribution in [2.45, 2.75) is 38.4 Å². The van der Waals surface area contributed by atoms with Crippen LogP contribution in [0.25, 0.3) is 0 Å². The molecule has 0 spiro atoms. The molecule has 86 valence electrons. The van der Waals surface area contributed by atoms with Gasteiger partial charge in [0.05, 0.1) is 13.2 Å². The zero-order chi connectivity index (χ0) is 10.5. The average Bonchev–Trinajstić information content (AvgIpc) is 2.80. The predicted molar refractivity (Wildman–Crippen MR) is 64.1 cm³/mol. The molecule has 3 heteroatoms. The van der Waals surface area contributed by atoms with Crippen molar-refractivity contribution >= 4 is 15.9 Å². The molecule has 0 aromatic carbocycles. The summed E-state index contributed by atoms with van der Waals surface area (Å²) in [4.78, 5) is 0. The van der Waals surface area contributed by atoms with Crippen LogP contribution < -0.4 is 0 Å². The molecule has 0 amide bonds. The van der Waals surface area contributed by atoms with Gasteiger partial charge in [-0.05, 0) is 31.6 Å². The number of halogens is 1. The fourth-order valence-electron chi connectivity index (χ4n) is 2.21. The highest BCUT2D eigenvalue weighted by atomic mass is 79.9. The Labute approximate surface area is 100 Å². The van der Waals surface area contributed by atoms with Crippen LogP contribution in [0.15, 0.2) is 11.6 Å². The Hall–Kier alpha value is 0.140. The molecular weight excluding hydrogens is 256 g/mol. The molecule has 1 heterocycles. The molecule has 15 heavy (non-hydrogen) atoms.